The smallest absolute Gasteiger partial charge is 0.411 e. The van der Waals surface area contributed by atoms with E-state index in [2.05, 4.69) is 32.0 Å². The van der Waals surface area contributed by atoms with Crippen molar-refractivity contribution in [2.45, 2.75) is 44.9 Å². The Morgan fingerprint density at radius 2 is 1.87 bits per heavy atom. The van der Waals surface area contributed by atoms with Gasteiger partial charge in [-0.1, -0.05) is 11.8 Å². The summed E-state index contributed by atoms with van der Waals surface area (Å²) in [4.78, 5) is 23.4. The number of amides is 1. The highest BCUT2D eigenvalue weighted by molar-refractivity contribution is 5.92. The molecule has 202 valence electrons. The van der Waals surface area contributed by atoms with E-state index >= 15 is 0 Å². The van der Waals surface area contributed by atoms with Crippen LogP contribution < -0.4 is 15.2 Å². The molecule has 1 amide bonds. The Labute approximate surface area is 225 Å². The third-order valence-corrected chi connectivity index (χ3v) is 6.29. The molecule has 4 aromatic rings. The lowest BCUT2D eigenvalue weighted by molar-refractivity contribution is 0.0200. The largest absolute Gasteiger partial charge is 0.497 e. The minimum Gasteiger partial charge on any atom is -0.497 e. The molecule has 1 aliphatic rings. The molecule has 1 aliphatic heterocycles. The Morgan fingerprint density at radius 1 is 1.13 bits per heavy atom. The summed E-state index contributed by atoms with van der Waals surface area (Å²) in [7, 11) is 3.17. The van der Waals surface area contributed by atoms with Gasteiger partial charge in [0.15, 0.2) is 0 Å². The number of nitrogen functional groups attached to an aromatic ring is 1. The maximum absolute atomic E-state index is 13.1. The average molecular weight is 532 g/mol. The fourth-order valence-corrected chi connectivity index (χ4v) is 4.60. The second-order valence-corrected chi connectivity index (χ2v) is 10.1. The van der Waals surface area contributed by atoms with E-state index in [4.69, 9.17) is 24.4 Å². The highest BCUT2D eigenvalue weighted by Gasteiger charge is 2.42. The molecule has 3 aromatic heterocycles. The number of carbonyl (C=O) groups is 1. The van der Waals surface area contributed by atoms with Crippen LogP contribution in [0.5, 0.6) is 11.5 Å². The molecular formula is C27H29N7O5. The lowest BCUT2D eigenvalue weighted by atomic mass is 10.1. The first-order chi connectivity index (χ1) is 18.7. The lowest BCUT2D eigenvalue weighted by Crippen LogP contribution is -2.37. The summed E-state index contributed by atoms with van der Waals surface area (Å²) in [6, 6.07) is 4.75. The van der Waals surface area contributed by atoms with Crippen LogP contribution in [-0.2, 0) is 4.74 Å². The quantitative estimate of drug-likeness (QED) is 0.387. The minimum atomic E-state index is -0.665. The molecule has 12 heteroatoms. The summed E-state index contributed by atoms with van der Waals surface area (Å²) in [6.07, 6.45) is 4.57. The Bertz CT molecular complexity index is 1540. The Hall–Kier alpha value is -4.79. The van der Waals surface area contributed by atoms with E-state index in [1.165, 1.54) is 12.7 Å². The van der Waals surface area contributed by atoms with Crippen molar-refractivity contribution in [2.75, 3.05) is 26.5 Å². The molecule has 5 rings (SSSR count). The maximum atomic E-state index is 13.1. The molecule has 2 N–H and O–H groups in total. The first-order valence-corrected chi connectivity index (χ1v) is 12.3. The molecule has 1 aromatic carbocycles. The van der Waals surface area contributed by atoms with Crippen molar-refractivity contribution in [1.82, 2.24) is 29.6 Å². The number of ether oxygens (including phenoxy) is 3. The number of hydrogen-bond acceptors (Lipinski definition) is 10. The molecule has 1 saturated heterocycles. The van der Waals surface area contributed by atoms with Gasteiger partial charge >= 0.3 is 6.09 Å². The van der Waals surface area contributed by atoms with Crippen LogP contribution in [0, 0.1) is 11.8 Å². The second-order valence-electron chi connectivity index (χ2n) is 10.1. The summed E-state index contributed by atoms with van der Waals surface area (Å²) in [6.45, 7) is 5.79. The predicted octanol–water partition coefficient (Wildman–Crippen LogP) is 3.74. The van der Waals surface area contributed by atoms with E-state index in [1.54, 1.807) is 25.2 Å². The third-order valence-electron chi connectivity index (χ3n) is 6.29. The Balaban J connectivity index is 1.54. The number of likely N-dealkylation sites (tertiary alicyclic amines) is 1. The molecule has 0 saturated carbocycles. The van der Waals surface area contributed by atoms with Crippen LogP contribution in [-0.4, -0.2) is 62.1 Å². The number of methoxy groups -OCH3 is 2. The normalized spacial score (nSPS) is 17.1. The zero-order chi connectivity index (χ0) is 27.7. The molecule has 4 heterocycles. The third kappa shape index (κ3) is 5.29. The maximum Gasteiger partial charge on any atom is 0.411 e. The van der Waals surface area contributed by atoms with Crippen molar-refractivity contribution >= 4 is 22.9 Å². The lowest BCUT2D eigenvalue weighted by Gasteiger charge is -2.27. The molecule has 39 heavy (non-hydrogen) atoms. The van der Waals surface area contributed by atoms with Crippen LogP contribution in [0.15, 0.2) is 41.5 Å². The molecule has 0 unspecified atom stereocenters. The standard InChI is InChI=1S/C27H29N7O5/c1-27(2,3)39-26(35)34-13-18(10-21(34)25-32-31-15-38-25)33-12-17(22-23(28)29-14-30-24(22)33)7-6-16-8-19(36-4)11-20(9-16)37-5/h8-9,11-12,14-15,18,21H,10,13H2,1-5H3,(H2,28,29,30)/t18-,21-/m0/s1. The number of fused-ring (bicyclic) bond motifs is 1. The summed E-state index contributed by atoms with van der Waals surface area (Å²) in [5, 5.41) is 8.49. The van der Waals surface area contributed by atoms with Gasteiger partial charge in [-0.25, -0.2) is 14.8 Å². The van der Waals surface area contributed by atoms with Gasteiger partial charge in [0.05, 0.1) is 31.2 Å². The van der Waals surface area contributed by atoms with Crippen molar-refractivity contribution in [3.8, 4) is 23.3 Å². The van der Waals surface area contributed by atoms with Crippen molar-refractivity contribution < 1.29 is 23.4 Å². The van der Waals surface area contributed by atoms with E-state index in [0.29, 0.717) is 58.3 Å². The van der Waals surface area contributed by atoms with Gasteiger partial charge in [-0.05, 0) is 39.3 Å². The fourth-order valence-electron chi connectivity index (χ4n) is 4.60. The van der Waals surface area contributed by atoms with Crippen LogP contribution in [0.2, 0.25) is 0 Å². The molecule has 12 nitrogen and oxygen atoms in total. The van der Waals surface area contributed by atoms with Gasteiger partial charge in [0.25, 0.3) is 0 Å². The second kappa shape index (κ2) is 10.2. The van der Waals surface area contributed by atoms with E-state index in [0.717, 1.165) is 0 Å². The minimum absolute atomic E-state index is 0.196. The van der Waals surface area contributed by atoms with E-state index in [1.807, 2.05) is 43.7 Å². The molecule has 1 fully saturated rings. The molecule has 0 radical (unpaired) electrons. The van der Waals surface area contributed by atoms with Crippen LogP contribution in [0.4, 0.5) is 10.6 Å². The number of hydrogen-bond donors (Lipinski definition) is 1. The van der Waals surface area contributed by atoms with Gasteiger partial charge in [-0.15, -0.1) is 10.2 Å². The van der Waals surface area contributed by atoms with E-state index in [9.17, 15) is 4.79 Å². The summed E-state index contributed by atoms with van der Waals surface area (Å²) in [5.74, 6) is 8.27. The van der Waals surface area contributed by atoms with Crippen molar-refractivity contribution in [2.24, 2.45) is 0 Å². The summed E-state index contributed by atoms with van der Waals surface area (Å²) in [5.41, 5.74) is 7.58. The number of anilines is 1. The highest BCUT2D eigenvalue weighted by atomic mass is 16.6. The number of nitrogens with zero attached hydrogens (tertiary/aromatic N) is 6. The Morgan fingerprint density at radius 3 is 2.51 bits per heavy atom. The molecule has 0 aliphatic carbocycles. The first kappa shape index (κ1) is 25.8. The average Bonchev–Trinajstić information content (AvgIpc) is 3.65. The summed E-state index contributed by atoms with van der Waals surface area (Å²) < 4.78 is 23.8. The zero-order valence-electron chi connectivity index (χ0n) is 22.3. The summed E-state index contributed by atoms with van der Waals surface area (Å²) >= 11 is 0. The van der Waals surface area contributed by atoms with Crippen molar-refractivity contribution in [1.29, 1.82) is 0 Å². The SMILES string of the molecule is COc1cc(C#Cc2cn([C@H]3C[C@@H](c4nnco4)N(C(=O)OC(C)(C)C)C3)c3ncnc(N)c23)cc(OC)c1. The predicted molar refractivity (Wildman–Crippen MR) is 141 cm³/mol. The van der Waals surface area contributed by atoms with Crippen molar-refractivity contribution in [3.05, 3.63) is 54.1 Å². The van der Waals surface area contributed by atoms with E-state index in [-0.39, 0.29) is 6.04 Å². The monoisotopic (exact) mass is 531 g/mol. The topological polar surface area (TPSA) is 144 Å². The molecule has 2 atom stereocenters. The van der Waals surface area contributed by atoms with Gasteiger partial charge in [0.1, 0.15) is 40.9 Å². The van der Waals surface area contributed by atoms with E-state index < -0.39 is 17.7 Å². The first-order valence-electron chi connectivity index (χ1n) is 12.3. The molecule has 0 spiro atoms. The molecular weight excluding hydrogens is 502 g/mol. The Kier molecular flexibility index (Phi) is 6.74. The zero-order valence-corrected chi connectivity index (χ0v) is 22.3. The van der Waals surface area contributed by atoms with Crippen LogP contribution >= 0.6 is 0 Å². The van der Waals surface area contributed by atoms with Crippen molar-refractivity contribution in [3.63, 3.8) is 0 Å². The van der Waals surface area contributed by atoms with Gasteiger partial charge < -0.3 is 28.9 Å². The van der Waals surface area contributed by atoms with Gasteiger partial charge in [-0.3, -0.25) is 4.90 Å². The van der Waals surface area contributed by atoms with Crippen LogP contribution in [0.25, 0.3) is 11.0 Å². The highest BCUT2D eigenvalue weighted by Crippen LogP contribution is 2.40. The number of rotatable bonds is 4. The van der Waals surface area contributed by atoms with Gasteiger partial charge in [0.2, 0.25) is 12.3 Å². The number of carbonyl (C=O) groups excluding carboxylic acids is 1. The number of aromatic nitrogens is 5. The van der Waals surface area contributed by atoms with Crippen LogP contribution in [0.3, 0.4) is 0 Å². The number of benzene rings is 1. The number of nitrogens with two attached hydrogens (primary N) is 1. The van der Waals surface area contributed by atoms with Gasteiger partial charge in [0, 0.05) is 24.4 Å². The fraction of sp³-hybridized carbons (Fsp3) is 0.370. The van der Waals surface area contributed by atoms with Gasteiger partial charge in [-0.2, -0.15) is 0 Å². The van der Waals surface area contributed by atoms with Crippen LogP contribution in [0.1, 0.15) is 56.3 Å². The molecule has 0 bridgehead atoms.